The fourth-order valence-corrected chi connectivity index (χ4v) is 4.20. The third-order valence-corrected chi connectivity index (χ3v) is 5.56. The van der Waals surface area contributed by atoms with Crippen LogP contribution in [0.25, 0.3) is 0 Å². The van der Waals surface area contributed by atoms with Gasteiger partial charge in [-0.05, 0) is 69.8 Å². The van der Waals surface area contributed by atoms with Gasteiger partial charge in [-0.1, -0.05) is 43.9 Å². The zero-order valence-electron chi connectivity index (χ0n) is 14.8. The molecule has 0 saturated carbocycles. The van der Waals surface area contributed by atoms with Crippen molar-refractivity contribution < 1.29 is 0 Å². The molecule has 1 saturated heterocycles. The van der Waals surface area contributed by atoms with Crippen LogP contribution in [0.1, 0.15) is 63.4 Å². The number of fused-ring (bicyclic) bond motifs is 1. The van der Waals surface area contributed by atoms with Crippen LogP contribution in [0.3, 0.4) is 0 Å². The van der Waals surface area contributed by atoms with E-state index in [1.54, 1.807) is 5.56 Å². The standard InChI is InChI=1S/C21H34N2/c1(2-7-15-22-16-8-4-9-17-22)3-10-18-23-19-11-13-20-12-5-6-14-21(20)23/h5-6,12,14H,1-4,7-11,13,15-19H2. The lowest BCUT2D eigenvalue weighted by Crippen LogP contribution is -2.30. The predicted octanol–water partition coefficient (Wildman–Crippen LogP) is 4.88. The van der Waals surface area contributed by atoms with Gasteiger partial charge in [0.1, 0.15) is 0 Å². The average Bonchev–Trinajstić information content (AvgIpc) is 2.62. The summed E-state index contributed by atoms with van der Waals surface area (Å²) in [5, 5.41) is 0. The lowest BCUT2D eigenvalue weighted by molar-refractivity contribution is 0.224. The molecular formula is C21H34N2. The molecule has 0 unspecified atom stereocenters. The highest BCUT2D eigenvalue weighted by Gasteiger charge is 2.15. The number of anilines is 1. The molecule has 1 aromatic rings. The lowest BCUT2D eigenvalue weighted by atomic mass is 10.0. The van der Waals surface area contributed by atoms with Crippen LogP contribution in [0, 0.1) is 0 Å². The third-order valence-electron chi connectivity index (χ3n) is 5.56. The Kier molecular flexibility index (Phi) is 6.82. The van der Waals surface area contributed by atoms with Crippen LogP contribution in [0.5, 0.6) is 0 Å². The van der Waals surface area contributed by atoms with Gasteiger partial charge in [-0.3, -0.25) is 0 Å². The van der Waals surface area contributed by atoms with Crippen LogP contribution in [0.2, 0.25) is 0 Å². The second kappa shape index (κ2) is 9.32. The van der Waals surface area contributed by atoms with Gasteiger partial charge >= 0.3 is 0 Å². The van der Waals surface area contributed by atoms with Crippen molar-refractivity contribution >= 4 is 5.69 Å². The first-order chi connectivity index (χ1) is 11.4. The van der Waals surface area contributed by atoms with E-state index in [-0.39, 0.29) is 0 Å². The molecule has 2 heteroatoms. The number of unbranched alkanes of at least 4 members (excludes halogenated alkanes) is 4. The molecule has 0 aliphatic carbocycles. The molecule has 1 aromatic carbocycles. The average molecular weight is 315 g/mol. The predicted molar refractivity (Wildman–Crippen MR) is 100 cm³/mol. The highest BCUT2D eigenvalue weighted by Crippen LogP contribution is 2.26. The molecule has 0 bridgehead atoms. The van der Waals surface area contributed by atoms with Crippen molar-refractivity contribution in [2.45, 2.75) is 64.2 Å². The molecule has 0 N–H and O–H groups in total. The van der Waals surface area contributed by atoms with Crippen LogP contribution in [-0.4, -0.2) is 37.6 Å². The Hall–Kier alpha value is -1.02. The van der Waals surface area contributed by atoms with Crippen LogP contribution in [0.15, 0.2) is 24.3 Å². The van der Waals surface area contributed by atoms with E-state index in [4.69, 9.17) is 0 Å². The van der Waals surface area contributed by atoms with Gasteiger partial charge in [0.2, 0.25) is 0 Å². The number of hydrogen-bond donors (Lipinski definition) is 0. The molecule has 0 spiro atoms. The summed E-state index contributed by atoms with van der Waals surface area (Å²) in [5.74, 6) is 0. The number of rotatable bonds is 8. The first-order valence-electron chi connectivity index (χ1n) is 9.99. The molecule has 128 valence electrons. The summed E-state index contributed by atoms with van der Waals surface area (Å²) in [5.41, 5.74) is 3.06. The number of benzene rings is 1. The summed E-state index contributed by atoms with van der Waals surface area (Å²) in [6.07, 6.45) is 13.9. The van der Waals surface area contributed by atoms with E-state index in [0.29, 0.717) is 0 Å². The Bertz CT molecular complexity index is 451. The van der Waals surface area contributed by atoms with Crippen LogP contribution < -0.4 is 4.90 Å². The molecule has 3 rings (SSSR count). The minimum absolute atomic E-state index is 1.25. The van der Waals surface area contributed by atoms with Crippen LogP contribution in [-0.2, 0) is 6.42 Å². The summed E-state index contributed by atoms with van der Waals surface area (Å²) in [4.78, 5) is 5.29. The smallest absolute Gasteiger partial charge is 0.0398 e. The van der Waals surface area contributed by atoms with E-state index < -0.39 is 0 Å². The monoisotopic (exact) mass is 314 g/mol. The van der Waals surface area contributed by atoms with Gasteiger partial charge in [-0.2, -0.15) is 0 Å². The third kappa shape index (κ3) is 5.24. The molecule has 23 heavy (non-hydrogen) atoms. The SMILES string of the molecule is c1ccc2c(c1)CCCN2CCCCCCCN1CCCCC1. The number of piperidine rings is 1. The Labute approximate surface area is 142 Å². The van der Waals surface area contributed by atoms with Crippen molar-refractivity contribution in [1.29, 1.82) is 0 Å². The van der Waals surface area contributed by atoms with Crippen molar-refractivity contribution in [2.75, 3.05) is 37.6 Å². The summed E-state index contributed by atoms with van der Waals surface area (Å²) in [6, 6.07) is 9.00. The molecule has 2 heterocycles. The Morgan fingerprint density at radius 1 is 0.696 bits per heavy atom. The van der Waals surface area contributed by atoms with Gasteiger partial charge in [0.05, 0.1) is 0 Å². The second-order valence-corrected chi connectivity index (χ2v) is 7.39. The van der Waals surface area contributed by atoms with Crippen molar-refractivity contribution in [3.63, 3.8) is 0 Å². The quantitative estimate of drug-likeness (QED) is 0.631. The lowest BCUT2D eigenvalue weighted by Gasteiger charge is -2.31. The highest BCUT2D eigenvalue weighted by atomic mass is 15.1. The molecule has 1 fully saturated rings. The molecule has 2 aliphatic rings. The van der Waals surface area contributed by atoms with Gasteiger partial charge in [0, 0.05) is 18.8 Å². The minimum Gasteiger partial charge on any atom is -0.371 e. The molecule has 0 radical (unpaired) electrons. The summed E-state index contributed by atoms with van der Waals surface area (Å²) >= 11 is 0. The largest absolute Gasteiger partial charge is 0.371 e. The van der Waals surface area contributed by atoms with E-state index in [2.05, 4.69) is 34.1 Å². The van der Waals surface area contributed by atoms with Crippen molar-refractivity contribution in [3.05, 3.63) is 29.8 Å². The molecule has 0 amide bonds. The van der Waals surface area contributed by atoms with Crippen LogP contribution >= 0.6 is 0 Å². The summed E-state index contributed by atoms with van der Waals surface area (Å²) in [6.45, 7) is 6.57. The molecular weight excluding hydrogens is 280 g/mol. The topological polar surface area (TPSA) is 6.48 Å². The zero-order chi connectivity index (χ0) is 15.7. The van der Waals surface area contributed by atoms with Gasteiger partial charge in [-0.15, -0.1) is 0 Å². The van der Waals surface area contributed by atoms with Crippen molar-refractivity contribution in [1.82, 2.24) is 4.90 Å². The number of hydrogen-bond acceptors (Lipinski definition) is 2. The van der Waals surface area contributed by atoms with E-state index in [9.17, 15) is 0 Å². The number of para-hydroxylation sites is 1. The van der Waals surface area contributed by atoms with Gasteiger partial charge in [-0.25, -0.2) is 0 Å². The number of likely N-dealkylation sites (tertiary alicyclic amines) is 1. The van der Waals surface area contributed by atoms with Crippen molar-refractivity contribution in [2.24, 2.45) is 0 Å². The molecule has 0 atom stereocenters. The molecule has 0 aromatic heterocycles. The zero-order valence-corrected chi connectivity index (χ0v) is 14.8. The minimum atomic E-state index is 1.25. The Balaban J connectivity index is 1.26. The van der Waals surface area contributed by atoms with Crippen molar-refractivity contribution in [3.8, 4) is 0 Å². The normalized spacial score (nSPS) is 18.9. The maximum Gasteiger partial charge on any atom is 0.0398 e. The van der Waals surface area contributed by atoms with Crippen LogP contribution in [0.4, 0.5) is 5.69 Å². The van der Waals surface area contributed by atoms with E-state index in [0.717, 1.165) is 0 Å². The Morgan fingerprint density at radius 3 is 2.30 bits per heavy atom. The highest BCUT2D eigenvalue weighted by molar-refractivity contribution is 5.55. The second-order valence-electron chi connectivity index (χ2n) is 7.39. The molecule has 2 nitrogen and oxygen atoms in total. The first kappa shape index (κ1) is 16.8. The summed E-state index contributed by atoms with van der Waals surface area (Å²) in [7, 11) is 0. The fourth-order valence-electron chi connectivity index (χ4n) is 4.20. The van der Waals surface area contributed by atoms with E-state index >= 15 is 0 Å². The molecule has 2 aliphatic heterocycles. The number of aryl methyl sites for hydroxylation is 1. The van der Waals surface area contributed by atoms with E-state index in [1.165, 1.54) is 103 Å². The number of nitrogens with zero attached hydrogens (tertiary/aromatic N) is 2. The van der Waals surface area contributed by atoms with Gasteiger partial charge in [0.15, 0.2) is 0 Å². The summed E-state index contributed by atoms with van der Waals surface area (Å²) < 4.78 is 0. The first-order valence-corrected chi connectivity index (χ1v) is 9.99. The maximum atomic E-state index is 2.67. The maximum absolute atomic E-state index is 2.67. The van der Waals surface area contributed by atoms with E-state index in [1.807, 2.05) is 0 Å². The van der Waals surface area contributed by atoms with Gasteiger partial charge < -0.3 is 9.80 Å². The van der Waals surface area contributed by atoms with Gasteiger partial charge in [0.25, 0.3) is 0 Å². The Morgan fingerprint density at radius 2 is 1.43 bits per heavy atom. The fraction of sp³-hybridized carbons (Fsp3) is 0.714.